The van der Waals surface area contributed by atoms with Crippen LogP contribution in [0, 0.1) is 11.3 Å². The van der Waals surface area contributed by atoms with Gasteiger partial charge < -0.3 is 0 Å². The zero-order chi connectivity index (χ0) is 8.41. The lowest BCUT2D eigenvalue weighted by Crippen LogP contribution is -2.05. The largest absolute Gasteiger partial charge is 0.0628 e. The molecule has 0 saturated carbocycles. The van der Waals surface area contributed by atoms with Crippen LogP contribution in [0.15, 0.2) is 0 Å². The molecular formula is C9H20. The summed E-state index contributed by atoms with van der Waals surface area (Å²) in [4.78, 5) is 0. The fourth-order valence-electron chi connectivity index (χ4n) is 0.625. The molecule has 0 atom stereocenters. The summed E-state index contributed by atoms with van der Waals surface area (Å²) in [6.45, 7) is 10.6. The van der Waals surface area contributed by atoms with E-state index in [1.165, 1.54) is 0 Å². The van der Waals surface area contributed by atoms with Crippen molar-refractivity contribution in [2.45, 2.75) is 47.5 Å². The van der Waals surface area contributed by atoms with Gasteiger partial charge in [-0.1, -0.05) is 41.0 Å². The Kier molecular flexibility index (Phi) is 2.56. The second-order valence-corrected chi connectivity index (χ2v) is 4.27. The highest BCUT2D eigenvalue weighted by molar-refractivity contribution is 4.61. The highest BCUT2D eigenvalue weighted by atomic mass is 14.2. The molecule has 56 valence electrons. The quantitative estimate of drug-likeness (QED) is 0.535. The lowest BCUT2D eigenvalue weighted by atomic mass is 9.88. The van der Waals surface area contributed by atoms with Crippen LogP contribution in [0.3, 0.4) is 0 Å². The van der Waals surface area contributed by atoms with Crippen molar-refractivity contribution >= 4 is 0 Å². The van der Waals surface area contributed by atoms with Crippen molar-refractivity contribution in [3.8, 4) is 0 Å². The Balaban J connectivity index is 3.56. The standard InChI is InChI=1S/C9H20/c1-8(2)6-7-9(3,4)5/h8H,6-7H2,1-5H3/i8D. The van der Waals surface area contributed by atoms with Gasteiger partial charge in [0.15, 0.2) is 0 Å². The molecule has 0 N–H and O–H groups in total. The third-order valence-corrected chi connectivity index (χ3v) is 1.37. The molecule has 0 radical (unpaired) electrons. The lowest BCUT2D eigenvalue weighted by molar-refractivity contribution is 0.338. The minimum Gasteiger partial charge on any atom is -0.0628 e. The van der Waals surface area contributed by atoms with Crippen LogP contribution in [0.4, 0.5) is 0 Å². The summed E-state index contributed by atoms with van der Waals surface area (Å²) in [6.07, 6.45) is 2.14. The maximum Gasteiger partial charge on any atom is 0.0297 e. The normalized spacial score (nSPS) is 15.4. The first-order valence-electron chi connectivity index (χ1n) is 4.21. The Morgan fingerprint density at radius 1 is 1.33 bits per heavy atom. The van der Waals surface area contributed by atoms with Crippen LogP contribution in [0.25, 0.3) is 0 Å². The van der Waals surface area contributed by atoms with E-state index in [9.17, 15) is 0 Å². The highest BCUT2D eigenvalue weighted by Crippen LogP contribution is 2.22. The molecule has 0 rings (SSSR count). The van der Waals surface area contributed by atoms with Crippen molar-refractivity contribution in [2.75, 3.05) is 0 Å². The van der Waals surface area contributed by atoms with Gasteiger partial charge in [0, 0.05) is 1.37 Å². The smallest absolute Gasteiger partial charge is 0.0297 e. The molecule has 0 aliphatic rings. The van der Waals surface area contributed by atoms with Crippen LogP contribution in [0.2, 0.25) is 0 Å². The van der Waals surface area contributed by atoms with E-state index < -0.39 is 0 Å². The van der Waals surface area contributed by atoms with Gasteiger partial charge in [0.2, 0.25) is 0 Å². The Labute approximate surface area is 61.1 Å². The van der Waals surface area contributed by atoms with Crippen LogP contribution < -0.4 is 0 Å². The molecule has 0 aliphatic carbocycles. The minimum absolute atomic E-state index is 0.243. The summed E-state index contributed by atoms with van der Waals surface area (Å²) < 4.78 is 7.61. The van der Waals surface area contributed by atoms with Gasteiger partial charge in [-0.15, -0.1) is 0 Å². The molecule has 0 nitrogen and oxygen atoms in total. The molecule has 0 heteroatoms. The average molecular weight is 129 g/mol. The van der Waals surface area contributed by atoms with Crippen LogP contribution in [0.5, 0.6) is 0 Å². The summed E-state index contributed by atoms with van der Waals surface area (Å²) >= 11 is 0. The molecular weight excluding hydrogens is 108 g/mol. The molecule has 9 heavy (non-hydrogen) atoms. The van der Waals surface area contributed by atoms with E-state index in [0.29, 0.717) is 5.41 Å². The van der Waals surface area contributed by atoms with Crippen molar-refractivity contribution in [1.82, 2.24) is 0 Å². The molecule has 0 spiro atoms. The summed E-state index contributed by atoms with van der Waals surface area (Å²) in [6, 6.07) is 0. The zero-order valence-corrected chi connectivity index (χ0v) is 7.41. The molecule has 0 fully saturated rings. The lowest BCUT2D eigenvalue weighted by Gasteiger charge is -2.18. The van der Waals surface area contributed by atoms with Gasteiger partial charge in [-0.2, -0.15) is 0 Å². The maximum absolute atomic E-state index is 7.61. The van der Waals surface area contributed by atoms with Crippen molar-refractivity contribution in [1.29, 1.82) is 0 Å². The Bertz CT molecular complexity index is 78.3. The first kappa shape index (κ1) is 7.11. The summed E-state index contributed by atoms with van der Waals surface area (Å²) in [5.41, 5.74) is 0.387. The van der Waals surface area contributed by atoms with E-state index in [2.05, 4.69) is 20.8 Å². The van der Waals surface area contributed by atoms with Gasteiger partial charge in [0.1, 0.15) is 0 Å². The monoisotopic (exact) mass is 129 g/mol. The number of hydrogen-bond acceptors (Lipinski definition) is 0. The SMILES string of the molecule is [2H]C(C)(C)CCC(C)(C)C. The fraction of sp³-hybridized carbons (Fsp3) is 1.00. The summed E-state index contributed by atoms with van der Waals surface area (Å²) in [5.74, 6) is -0.243. The molecule has 0 aromatic rings. The molecule has 0 saturated heterocycles. The molecule has 0 aromatic carbocycles. The molecule has 0 bridgehead atoms. The van der Waals surface area contributed by atoms with Gasteiger partial charge in [0.05, 0.1) is 0 Å². The van der Waals surface area contributed by atoms with E-state index in [0.717, 1.165) is 12.8 Å². The summed E-state index contributed by atoms with van der Waals surface area (Å²) in [7, 11) is 0. The van der Waals surface area contributed by atoms with Crippen molar-refractivity contribution < 1.29 is 1.37 Å². The Morgan fingerprint density at radius 3 is 1.89 bits per heavy atom. The first-order chi connectivity index (χ1) is 4.21. The third-order valence-electron chi connectivity index (χ3n) is 1.37. The van der Waals surface area contributed by atoms with E-state index >= 15 is 0 Å². The van der Waals surface area contributed by atoms with Crippen LogP contribution in [-0.4, -0.2) is 0 Å². The van der Waals surface area contributed by atoms with Crippen molar-refractivity contribution in [2.24, 2.45) is 11.3 Å². The third kappa shape index (κ3) is 8.00. The van der Waals surface area contributed by atoms with Gasteiger partial charge >= 0.3 is 0 Å². The van der Waals surface area contributed by atoms with Gasteiger partial charge in [-0.05, 0) is 17.7 Å². The Hall–Kier alpha value is 0. The molecule has 0 heterocycles. The van der Waals surface area contributed by atoms with Gasteiger partial charge in [-0.3, -0.25) is 0 Å². The summed E-state index contributed by atoms with van der Waals surface area (Å²) in [5, 5.41) is 0. The van der Waals surface area contributed by atoms with Gasteiger partial charge in [-0.25, -0.2) is 0 Å². The topological polar surface area (TPSA) is 0 Å². The molecule has 0 aromatic heterocycles. The average Bonchev–Trinajstić information content (AvgIpc) is 1.57. The molecule has 0 unspecified atom stereocenters. The molecule has 0 aliphatic heterocycles. The van der Waals surface area contributed by atoms with E-state index in [-0.39, 0.29) is 5.89 Å². The number of hydrogen-bond donors (Lipinski definition) is 0. The predicted molar refractivity (Wildman–Crippen MR) is 43.5 cm³/mol. The van der Waals surface area contributed by atoms with E-state index in [1.54, 1.807) is 0 Å². The van der Waals surface area contributed by atoms with E-state index in [1.807, 2.05) is 13.8 Å². The predicted octanol–water partition coefficient (Wildman–Crippen LogP) is 3.47. The minimum atomic E-state index is -0.243. The second-order valence-electron chi connectivity index (χ2n) is 4.27. The first-order valence-corrected chi connectivity index (χ1v) is 3.71. The second kappa shape index (κ2) is 3.24. The number of rotatable bonds is 2. The van der Waals surface area contributed by atoms with Crippen molar-refractivity contribution in [3.05, 3.63) is 0 Å². The van der Waals surface area contributed by atoms with Crippen LogP contribution in [-0.2, 0) is 0 Å². The Morgan fingerprint density at radius 2 is 1.78 bits per heavy atom. The van der Waals surface area contributed by atoms with Crippen LogP contribution in [0.1, 0.15) is 48.8 Å². The zero-order valence-electron chi connectivity index (χ0n) is 8.41. The van der Waals surface area contributed by atoms with Gasteiger partial charge in [0.25, 0.3) is 0 Å². The van der Waals surface area contributed by atoms with E-state index in [4.69, 9.17) is 1.37 Å². The van der Waals surface area contributed by atoms with Crippen LogP contribution >= 0.6 is 0 Å². The maximum atomic E-state index is 7.61. The van der Waals surface area contributed by atoms with Crippen molar-refractivity contribution in [3.63, 3.8) is 0 Å². The fourth-order valence-corrected chi connectivity index (χ4v) is 0.625. The highest BCUT2D eigenvalue weighted by Gasteiger charge is 2.09. The molecule has 0 amide bonds.